The van der Waals surface area contributed by atoms with Crippen LogP contribution in [0.3, 0.4) is 0 Å². The van der Waals surface area contributed by atoms with Crippen molar-refractivity contribution in [1.82, 2.24) is 4.98 Å². The highest BCUT2D eigenvalue weighted by molar-refractivity contribution is 5.79. The Bertz CT molecular complexity index is 1280. The summed E-state index contributed by atoms with van der Waals surface area (Å²) in [4.78, 5) is 18.5. The van der Waals surface area contributed by atoms with Crippen molar-refractivity contribution in [2.24, 2.45) is 0 Å². The monoisotopic (exact) mass is 454 g/mol. The van der Waals surface area contributed by atoms with E-state index in [2.05, 4.69) is 4.98 Å². The van der Waals surface area contributed by atoms with E-state index in [9.17, 15) is 9.90 Å². The van der Waals surface area contributed by atoms with Crippen LogP contribution >= 0.6 is 0 Å². The molecule has 1 aliphatic rings. The molecule has 0 radical (unpaired) electrons. The van der Waals surface area contributed by atoms with Crippen LogP contribution in [0.5, 0.6) is 5.75 Å². The van der Waals surface area contributed by atoms with Gasteiger partial charge in [0.2, 0.25) is 5.89 Å². The molecule has 2 heterocycles. The molecule has 6 heteroatoms. The molecule has 0 saturated heterocycles. The summed E-state index contributed by atoms with van der Waals surface area (Å²) in [5.41, 5.74) is 4.88. The minimum atomic E-state index is -0.812. The van der Waals surface area contributed by atoms with Crippen LogP contribution in [0.1, 0.15) is 22.6 Å². The first kappa shape index (κ1) is 21.8. The molecular formula is C28H26N2O4. The van der Waals surface area contributed by atoms with Crippen molar-refractivity contribution in [3.05, 3.63) is 101 Å². The average Bonchev–Trinajstić information content (AvgIpc) is 3.24. The van der Waals surface area contributed by atoms with Gasteiger partial charge in [-0.3, -0.25) is 0 Å². The van der Waals surface area contributed by atoms with Gasteiger partial charge in [0, 0.05) is 30.6 Å². The van der Waals surface area contributed by atoms with Crippen molar-refractivity contribution >= 4 is 11.7 Å². The summed E-state index contributed by atoms with van der Waals surface area (Å²) in [5.74, 6) is 1.37. The number of nitrogens with zero attached hydrogens (tertiary/aromatic N) is 2. The van der Waals surface area contributed by atoms with Gasteiger partial charge in [0.1, 0.15) is 17.6 Å². The zero-order chi connectivity index (χ0) is 23.5. The number of hydrogen-bond acceptors (Lipinski definition) is 5. The van der Waals surface area contributed by atoms with Gasteiger partial charge in [0.05, 0.1) is 12.3 Å². The first-order valence-electron chi connectivity index (χ1n) is 11.4. The number of carboxylic acid groups (broad SMARTS) is 1. The molecule has 5 rings (SSSR count). The number of aromatic nitrogens is 1. The maximum absolute atomic E-state index is 11.9. The second-order valence-corrected chi connectivity index (χ2v) is 8.44. The molecule has 4 aromatic rings. The lowest BCUT2D eigenvalue weighted by Gasteiger charge is -2.36. The van der Waals surface area contributed by atoms with Crippen LogP contribution in [-0.4, -0.2) is 28.7 Å². The van der Waals surface area contributed by atoms with Crippen LogP contribution in [0.25, 0.3) is 11.5 Å². The van der Waals surface area contributed by atoms with Gasteiger partial charge in [0.15, 0.2) is 0 Å². The number of carbonyl (C=O) groups is 1. The Hall–Kier alpha value is -4.06. The molecule has 0 aliphatic carbocycles. The summed E-state index contributed by atoms with van der Waals surface area (Å²) in [6, 6.07) is 24.9. The van der Waals surface area contributed by atoms with Gasteiger partial charge in [-0.25, -0.2) is 9.78 Å². The fraction of sp³-hybridized carbons (Fsp3) is 0.214. The van der Waals surface area contributed by atoms with E-state index in [1.165, 1.54) is 0 Å². The summed E-state index contributed by atoms with van der Waals surface area (Å²) in [6.45, 7) is 2.92. The Morgan fingerprint density at radius 2 is 1.79 bits per heavy atom. The highest BCUT2D eigenvalue weighted by Crippen LogP contribution is 2.31. The molecule has 1 atom stereocenters. The van der Waals surface area contributed by atoms with Crippen LogP contribution in [0.2, 0.25) is 0 Å². The number of rotatable bonds is 7. The predicted octanol–water partition coefficient (Wildman–Crippen LogP) is 5.29. The Kier molecular flexibility index (Phi) is 6.04. The minimum absolute atomic E-state index is 0.459. The summed E-state index contributed by atoms with van der Waals surface area (Å²) >= 11 is 0. The van der Waals surface area contributed by atoms with Crippen molar-refractivity contribution in [3.8, 4) is 17.2 Å². The smallest absolute Gasteiger partial charge is 0.326 e. The Labute approximate surface area is 198 Å². The van der Waals surface area contributed by atoms with Gasteiger partial charge < -0.3 is 19.2 Å². The predicted molar refractivity (Wildman–Crippen MR) is 130 cm³/mol. The first-order chi connectivity index (χ1) is 16.6. The summed E-state index contributed by atoms with van der Waals surface area (Å²) < 4.78 is 11.9. The maximum atomic E-state index is 11.9. The fourth-order valence-corrected chi connectivity index (χ4v) is 4.39. The van der Waals surface area contributed by atoms with E-state index >= 15 is 0 Å². The number of para-hydroxylation sites is 1. The number of fused-ring (bicyclic) bond motifs is 1. The number of aryl methyl sites for hydroxylation is 1. The van der Waals surface area contributed by atoms with E-state index in [1.807, 2.05) is 90.7 Å². The van der Waals surface area contributed by atoms with Gasteiger partial charge in [-0.15, -0.1) is 0 Å². The van der Waals surface area contributed by atoms with Crippen molar-refractivity contribution in [3.63, 3.8) is 0 Å². The van der Waals surface area contributed by atoms with Crippen LogP contribution < -0.4 is 9.64 Å². The molecule has 0 bridgehead atoms. The third-order valence-corrected chi connectivity index (χ3v) is 6.20. The highest BCUT2D eigenvalue weighted by atomic mass is 16.5. The average molecular weight is 455 g/mol. The normalized spacial score (nSPS) is 15.1. The number of ether oxygens (including phenoxy) is 1. The topological polar surface area (TPSA) is 75.8 Å². The summed E-state index contributed by atoms with van der Waals surface area (Å²) in [7, 11) is 0. The molecule has 34 heavy (non-hydrogen) atoms. The summed E-state index contributed by atoms with van der Waals surface area (Å²) in [6.07, 6.45) is 1.09. The van der Waals surface area contributed by atoms with Gasteiger partial charge in [0.25, 0.3) is 0 Å². The van der Waals surface area contributed by atoms with Crippen LogP contribution in [-0.2, 0) is 24.2 Å². The zero-order valence-electron chi connectivity index (χ0n) is 19.0. The zero-order valence-corrected chi connectivity index (χ0v) is 19.0. The number of oxazole rings is 1. The third kappa shape index (κ3) is 4.53. The van der Waals surface area contributed by atoms with Crippen molar-refractivity contribution < 1.29 is 19.1 Å². The molecule has 172 valence electrons. The second kappa shape index (κ2) is 9.43. The van der Waals surface area contributed by atoms with Crippen LogP contribution in [0.15, 0.2) is 83.3 Å². The maximum Gasteiger partial charge on any atom is 0.326 e. The molecule has 0 saturated carbocycles. The van der Waals surface area contributed by atoms with Gasteiger partial charge >= 0.3 is 5.97 Å². The number of benzene rings is 3. The summed E-state index contributed by atoms with van der Waals surface area (Å²) in [5, 5.41) is 9.79. The molecule has 1 N–H and O–H groups in total. The van der Waals surface area contributed by atoms with Crippen molar-refractivity contribution in [1.29, 1.82) is 0 Å². The molecule has 1 aromatic heterocycles. The number of carboxylic acids is 1. The standard InChI is InChI=1S/C28H26N2O4/c1-19-25(29-27(34-19)20-8-4-2-5-9-20)14-15-33-24-13-12-21-17-26(28(31)32)30(18-22(21)16-24)23-10-6-3-7-11-23/h2-13,16,26H,14-15,17-18H2,1H3,(H,31,32). The lowest BCUT2D eigenvalue weighted by atomic mass is 9.93. The largest absolute Gasteiger partial charge is 0.493 e. The molecule has 6 nitrogen and oxygen atoms in total. The molecule has 3 aromatic carbocycles. The lowest BCUT2D eigenvalue weighted by molar-refractivity contribution is -0.138. The Morgan fingerprint density at radius 3 is 2.53 bits per heavy atom. The highest BCUT2D eigenvalue weighted by Gasteiger charge is 2.31. The van der Waals surface area contributed by atoms with E-state index in [0.29, 0.717) is 31.9 Å². The minimum Gasteiger partial charge on any atom is -0.493 e. The second-order valence-electron chi connectivity index (χ2n) is 8.44. The van der Waals surface area contributed by atoms with Gasteiger partial charge in [-0.05, 0) is 54.4 Å². The molecule has 0 amide bonds. The number of aliphatic carboxylic acids is 1. The van der Waals surface area contributed by atoms with Crippen molar-refractivity contribution in [2.75, 3.05) is 11.5 Å². The molecule has 0 fully saturated rings. The van der Waals surface area contributed by atoms with E-state index in [-0.39, 0.29) is 0 Å². The van der Waals surface area contributed by atoms with Crippen LogP contribution in [0.4, 0.5) is 5.69 Å². The molecule has 1 unspecified atom stereocenters. The van der Waals surface area contributed by atoms with Gasteiger partial charge in [-0.2, -0.15) is 0 Å². The number of anilines is 1. The lowest BCUT2D eigenvalue weighted by Crippen LogP contribution is -2.45. The number of hydrogen-bond donors (Lipinski definition) is 1. The molecule has 1 aliphatic heterocycles. The Balaban J connectivity index is 1.28. The quantitative estimate of drug-likeness (QED) is 0.409. The first-order valence-corrected chi connectivity index (χ1v) is 11.4. The van der Waals surface area contributed by atoms with E-state index in [4.69, 9.17) is 9.15 Å². The van der Waals surface area contributed by atoms with Crippen LogP contribution in [0, 0.1) is 6.92 Å². The third-order valence-electron chi connectivity index (χ3n) is 6.20. The van der Waals surface area contributed by atoms with E-state index < -0.39 is 12.0 Å². The Morgan fingerprint density at radius 1 is 1.06 bits per heavy atom. The van der Waals surface area contributed by atoms with E-state index in [0.717, 1.165) is 39.6 Å². The molecule has 0 spiro atoms. The van der Waals surface area contributed by atoms with Crippen molar-refractivity contribution in [2.45, 2.75) is 32.4 Å². The van der Waals surface area contributed by atoms with E-state index in [1.54, 1.807) is 0 Å². The SMILES string of the molecule is Cc1oc(-c2ccccc2)nc1CCOc1ccc2c(c1)CN(c1ccccc1)C(C(=O)O)C2. The molecular weight excluding hydrogens is 428 g/mol. The van der Waals surface area contributed by atoms with Gasteiger partial charge in [-0.1, -0.05) is 42.5 Å². The fourth-order valence-electron chi connectivity index (χ4n) is 4.39.